The number of hydrogen-bond acceptors (Lipinski definition) is 0. The van der Waals surface area contributed by atoms with Crippen LogP contribution in [0.25, 0.3) is 0 Å². The molecule has 8 atom stereocenters. The van der Waals surface area contributed by atoms with Crippen LogP contribution >= 0.6 is 0 Å². The average molecular weight is 403 g/mol. The first kappa shape index (κ1) is 22.0. The van der Waals surface area contributed by atoms with Gasteiger partial charge in [0.25, 0.3) is 0 Å². The minimum Gasteiger partial charge on any atom is -0.0845 e. The highest BCUT2D eigenvalue weighted by molar-refractivity contribution is 5.25. The molecule has 0 heteroatoms. The first-order valence-corrected chi connectivity index (χ1v) is 13.5. The Balaban J connectivity index is 0.00000171. The molecule has 3 unspecified atom stereocenters. The van der Waals surface area contributed by atoms with E-state index in [0.717, 1.165) is 41.4 Å². The summed E-state index contributed by atoms with van der Waals surface area (Å²) in [5.41, 5.74) is 3.08. The zero-order valence-electron chi connectivity index (χ0n) is 20.6. The first-order chi connectivity index (χ1) is 13.8. The van der Waals surface area contributed by atoms with Gasteiger partial charge in [0.1, 0.15) is 0 Å². The Bertz CT molecular complexity index is 610. The lowest BCUT2D eigenvalue weighted by Gasteiger charge is -2.58. The van der Waals surface area contributed by atoms with Crippen LogP contribution in [-0.2, 0) is 0 Å². The molecule has 4 aliphatic carbocycles. The lowest BCUT2D eigenvalue weighted by atomic mass is 9.46. The van der Waals surface area contributed by atoms with Crippen molar-refractivity contribution in [1.82, 2.24) is 0 Å². The van der Waals surface area contributed by atoms with Gasteiger partial charge in [-0.25, -0.2) is 0 Å². The van der Waals surface area contributed by atoms with Gasteiger partial charge in [0.15, 0.2) is 0 Å². The van der Waals surface area contributed by atoms with Crippen molar-refractivity contribution < 1.29 is 2.85 Å². The van der Waals surface area contributed by atoms with Crippen LogP contribution in [-0.4, -0.2) is 0 Å². The number of hydrogen-bond donors (Lipinski definition) is 0. The highest BCUT2D eigenvalue weighted by Gasteiger charge is 2.58. The lowest BCUT2D eigenvalue weighted by Crippen LogP contribution is -2.50. The maximum Gasteiger partial charge on any atom is 0 e. The molecule has 0 aliphatic heterocycles. The van der Waals surface area contributed by atoms with Gasteiger partial charge in [0.2, 0.25) is 0 Å². The SMILES string of the molecule is CC[C@H]1CC[C@@]2(C)C(=CC[C@@H]3C2CC[C@@]2(C)C3CC[C@@H]2C(C)CCCC(C)C)C1.[HH].[HH]. The summed E-state index contributed by atoms with van der Waals surface area (Å²) in [6, 6.07) is 0. The summed E-state index contributed by atoms with van der Waals surface area (Å²) in [5, 5.41) is 0. The van der Waals surface area contributed by atoms with E-state index in [1.54, 1.807) is 0 Å². The fraction of sp³-hybridized carbons (Fsp3) is 0.931. The predicted molar refractivity (Wildman–Crippen MR) is 131 cm³/mol. The molecule has 0 aromatic carbocycles. The summed E-state index contributed by atoms with van der Waals surface area (Å²) >= 11 is 0. The fourth-order valence-corrected chi connectivity index (χ4v) is 9.11. The molecule has 0 radical (unpaired) electrons. The quantitative estimate of drug-likeness (QED) is 0.388. The van der Waals surface area contributed by atoms with Crippen molar-refractivity contribution in [3.8, 4) is 0 Å². The van der Waals surface area contributed by atoms with Gasteiger partial charge in [0.05, 0.1) is 0 Å². The molecule has 0 amide bonds. The van der Waals surface area contributed by atoms with E-state index in [1.165, 1.54) is 77.0 Å². The Morgan fingerprint density at radius 3 is 2.52 bits per heavy atom. The van der Waals surface area contributed by atoms with Gasteiger partial charge >= 0.3 is 0 Å². The molecule has 4 aliphatic rings. The van der Waals surface area contributed by atoms with Crippen molar-refractivity contribution >= 4 is 0 Å². The number of allylic oxidation sites excluding steroid dienone is 2. The van der Waals surface area contributed by atoms with Gasteiger partial charge in [-0.3, -0.25) is 0 Å². The normalized spacial score (nSPS) is 45.3. The summed E-state index contributed by atoms with van der Waals surface area (Å²) in [5.74, 6) is 6.78. The third-order valence-electron chi connectivity index (χ3n) is 11.0. The summed E-state index contributed by atoms with van der Waals surface area (Å²) in [6.07, 6.45) is 20.4. The number of rotatable bonds is 6. The van der Waals surface area contributed by atoms with Crippen molar-refractivity contribution in [2.75, 3.05) is 0 Å². The summed E-state index contributed by atoms with van der Waals surface area (Å²) in [6.45, 7) is 15.2. The third kappa shape index (κ3) is 3.78. The first-order valence-electron chi connectivity index (χ1n) is 13.5. The summed E-state index contributed by atoms with van der Waals surface area (Å²) in [4.78, 5) is 0. The zero-order chi connectivity index (χ0) is 20.8. The van der Waals surface area contributed by atoms with Crippen LogP contribution in [0, 0.1) is 52.3 Å². The van der Waals surface area contributed by atoms with Crippen molar-refractivity contribution in [3.63, 3.8) is 0 Å². The van der Waals surface area contributed by atoms with Gasteiger partial charge in [-0.05, 0) is 104 Å². The van der Waals surface area contributed by atoms with E-state index in [2.05, 4.69) is 47.6 Å². The van der Waals surface area contributed by atoms with Crippen molar-refractivity contribution in [2.24, 2.45) is 52.3 Å². The Kier molecular flexibility index (Phi) is 6.32. The molecule has 0 heterocycles. The molecular weight excluding hydrogens is 348 g/mol. The van der Waals surface area contributed by atoms with Crippen LogP contribution < -0.4 is 0 Å². The average Bonchev–Trinajstić information content (AvgIpc) is 3.04. The van der Waals surface area contributed by atoms with Gasteiger partial charge in [-0.1, -0.05) is 78.9 Å². The van der Waals surface area contributed by atoms with Gasteiger partial charge in [0, 0.05) is 2.85 Å². The maximum atomic E-state index is 2.77. The second kappa shape index (κ2) is 8.35. The Labute approximate surface area is 185 Å². The van der Waals surface area contributed by atoms with Gasteiger partial charge in [-0.15, -0.1) is 0 Å². The van der Waals surface area contributed by atoms with Crippen LogP contribution in [0.15, 0.2) is 11.6 Å². The third-order valence-corrected chi connectivity index (χ3v) is 11.0. The van der Waals surface area contributed by atoms with Crippen LogP contribution in [0.2, 0.25) is 0 Å². The van der Waals surface area contributed by atoms with Crippen molar-refractivity contribution in [2.45, 2.75) is 119 Å². The monoisotopic (exact) mass is 402 g/mol. The standard InChI is InChI=1S/C29H50.2H2/c1-7-22-15-17-28(5)23(19-22)11-12-24-26-14-13-25(21(4)10-8-9-20(2)3)29(26,6)18-16-27(24)28;;/h11,20-22,24-27H,7-10,12-19H2,1-6H3;2*1H/t21?,22-,24-,25+,26?,27?,28-,29+;;/m0../s1. The number of fused-ring (bicyclic) bond motifs is 5. The molecule has 3 fully saturated rings. The molecule has 3 saturated carbocycles. The molecule has 0 spiro atoms. The molecule has 0 bridgehead atoms. The minimum atomic E-state index is 0. The molecule has 0 aromatic heterocycles. The van der Waals surface area contributed by atoms with Gasteiger partial charge < -0.3 is 0 Å². The lowest BCUT2D eigenvalue weighted by molar-refractivity contribution is -0.0528. The molecule has 170 valence electrons. The van der Waals surface area contributed by atoms with E-state index in [-0.39, 0.29) is 2.85 Å². The predicted octanol–water partition coefficient (Wildman–Crippen LogP) is 9.55. The molecule has 0 N–H and O–H groups in total. The maximum absolute atomic E-state index is 2.77. The highest BCUT2D eigenvalue weighted by Crippen LogP contribution is 2.67. The molecular formula is C29H54. The van der Waals surface area contributed by atoms with Crippen LogP contribution in [0.1, 0.15) is 121 Å². The smallest absolute Gasteiger partial charge is 0 e. The summed E-state index contributed by atoms with van der Waals surface area (Å²) < 4.78 is 0. The minimum absolute atomic E-state index is 0. The largest absolute Gasteiger partial charge is 0.0845 e. The molecule has 0 saturated heterocycles. The van der Waals surface area contributed by atoms with Gasteiger partial charge in [-0.2, -0.15) is 0 Å². The second-order valence-corrected chi connectivity index (χ2v) is 12.8. The summed E-state index contributed by atoms with van der Waals surface area (Å²) in [7, 11) is 0. The molecule has 0 aromatic rings. The zero-order valence-corrected chi connectivity index (χ0v) is 20.6. The highest BCUT2D eigenvalue weighted by atomic mass is 14.6. The Morgan fingerprint density at radius 1 is 1.00 bits per heavy atom. The van der Waals surface area contributed by atoms with Crippen molar-refractivity contribution in [3.05, 3.63) is 11.6 Å². The Hall–Kier alpha value is -0.260. The molecule has 4 rings (SSSR count). The van der Waals surface area contributed by atoms with Crippen LogP contribution in [0.4, 0.5) is 0 Å². The van der Waals surface area contributed by atoms with Crippen molar-refractivity contribution in [1.29, 1.82) is 0 Å². The van der Waals surface area contributed by atoms with E-state index in [4.69, 9.17) is 0 Å². The second-order valence-electron chi connectivity index (χ2n) is 12.8. The van der Waals surface area contributed by atoms with E-state index in [0.29, 0.717) is 10.8 Å². The van der Waals surface area contributed by atoms with E-state index < -0.39 is 0 Å². The molecule has 29 heavy (non-hydrogen) atoms. The topological polar surface area (TPSA) is 0 Å². The fourth-order valence-electron chi connectivity index (χ4n) is 9.11. The van der Waals surface area contributed by atoms with E-state index in [9.17, 15) is 0 Å². The van der Waals surface area contributed by atoms with Crippen LogP contribution in [0.3, 0.4) is 0 Å². The molecule has 0 nitrogen and oxygen atoms in total. The van der Waals surface area contributed by atoms with Crippen LogP contribution in [0.5, 0.6) is 0 Å². The van der Waals surface area contributed by atoms with E-state index in [1.807, 2.05) is 5.57 Å². The Morgan fingerprint density at radius 2 is 1.79 bits per heavy atom. The van der Waals surface area contributed by atoms with E-state index >= 15 is 0 Å².